The maximum absolute atomic E-state index is 5.02. The number of benzene rings is 3. The lowest BCUT2D eigenvalue weighted by atomic mass is 10.0. The van der Waals surface area contributed by atoms with Crippen molar-refractivity contribution < 1.29 is 0 Å². The summed E-state index contributed by atoms with van der Waals surface area (Å²) in [4.78, 5) is 14.2. The number of nitrogens with zero attached hydrogens (tertiary/aromatic N) is 5. The van der Waals surface area contributed by atoms with Crippen molar-refractivity contribution in [2.75, 3.05) is 0 Å². The van der Waals surface area contributed by atoms with E-state index in [1.807, 2.05) is 30.7 Å². The molecule has 0 aliphatic carbocycles. The second-order valence-corrected chi connectivity index (χ2v) is 8.58. The lowest BCUT2D eigenvalue weighted by molar-refractivity contribution is 1.18. The van der Waals surface area contributed by atoms with E-state index >= 15 is 0 Å². The lowest BCUT2D eigenvalue weighted by Gasteiger charge is -2.11. The zero-order valence-electron chi connectivity index (χ0n) is 18.1. The van der Waals surface area contributed by atoms with E-state index in [1.54, 1.807) is 0 Å². The lowest BCUT2D eigenvalue weighted by Crippen LogP contribution is -1.95. The Bertz CT molecular complexity index is 2070. The quantitative estimate of drug-likeness (QED) is 0.270. The second kappa shape index (κ2) is 6.39. The normalized spacial score (nSPS) is 12.1. The van der Waals surface area contributed by atoms with Crippen LogP contribution in [0.2, 0.25) is 0 Å². The first-order valence-corrected chi connectivity index (χ1v) is 11.3. The molecule has 5 heterocycles. The number of imidazole rings is 1. The summed E-state index contributed by atoms with van der Waals surface area (Å²) in [6.45, 7) is 0. The van der Waals surface area contributed by atoms with Crippen molar-refractivity contribution in [2.24, 2.45) is 0 Å². The Morgan fingerprint density at radius 3 is 2.38 bits per heavy atom. The van der Waals surface area contributed by atoms with Crippen molar-refractivity contribution in [3.05, 3.63) is 104 Å². The highest BCUT2D eigenvalue weighted by atomic mass is 15.1. The minimum Gasteiger partial charge on any atom is -0.309 e. The Labute approximate surface area is 193 Å². The summed E-state index contributed by atoms with van der Waals surface area (Å²) in [5, 5.41) is 5.81. The first-order valence-electron chi connectivity index (χ1n) is 11.3. The zero-order chi connectivity index (χ0) is 22.2. The highest BCUT2D eigenvalue weighted by molar-refractivity contribution is 6.30. The van der Waals surface area contributed by atoms with Crippen molar-refractivity contribution >= 4 is 60.3 Å². The number of rotatable bonds is 1. The molecule has 0 atom stereocenters. The van der Waals surface area contributed by atoms with E-state index in [0.717, 1.165) is 38.8 Å². The van der Waals surface area contributed by atoms with Gasteiger partial charge in [-0.05, 0) is 48.5 Å². The first kappa shape index (κ1) is 17.7. The van der Waals surface area contributed by atoms with Crippen LogP contribution in [0, 0.1) is 0 Å². The Kier molecular flexibility index (Phi) is 3.34. The molecule has 0 bridgehead atoms. The van der Waals surface area contributed by atoms with E-state index in [-0.39, 0.29) is 0 Å². The van der Waals surface area contributed by atoms with E-state index in [4.69, 9.17) is 4.98 Å². The van der Waals surface area contributed by atoms with E-state index < -0.39 is 0 Å². The van der Waals surface area contributed by atoms with Crippen LogP contribution >= 0.6 is 0 Å². The van der Waals surface area contributed by atoms with Gasteiger partial charge in [0, 0.05) is 51.2 Å². The minimum atomic E-state index is 0.863. The molecule has 5 nitrogen and oxygen atoms in total. The molecule has 0 unspecified atom stereocenters. The Hall–Kier alpha value is -4.77. The van der Waals surface area contributed by atoms with E-state index in [9.17, 15) is 0 Å². The van der Waals surface area contributed by atoms with Gasteiger partial charge in [-0.1, -0.05) is 36.4 Å². The molecule has 5 aromatic heterocycles. The standard InChI is InChI=1S/C29H17N5/c1-2-7-18(8-3-1)33-23-11-5-4-9-19(23)27-25(33)13-12-20-26(27)21-17-30-16-14-24(21)34-28(20)32-22-10-6-15-31-29(22)34/h1-17H. The third-order valence-corrected chi connectivity index (χ3v) is 6.82. The van der Waals surface area contributed by atoms with Gasteiger partial charge in [-0.15, -0.1) is 0 Å². The van der Waals surface area contributed by atoms with Crippen molar-refractivity contribution in [1.29, 1.82) is 0 Å². The van der Waals surface area contributed by atoms with Gasteiger partial charge in [0.25, 0.3) is 0 Å². The third-order valence-electron chi connectivity index (χ3n) is 6.82. The van der Waals surface area contributed by atoms with Crippen molar-refractivity contribution in [2.45, 2.75) is 0 Å². The van der Waals surface area contributed by atoms with Crippen molar-refractivity contribution in [3.8, 4) is 5.69 Å². The average molecular weight is 435 g/mol. The summed E-state index contributed by atoms with van der Waals surface area (Å²) in [6.07, 6.45) is 5.64. The van der Waals surface area contributed by atoms with Crippen molar-refractivity contribution in [3.63, 3.8) is 0 Å². The second-order valence-electron chi connectivity index (χ2n) is 8.58. The topological polar surface area (TPSA) is 48.0 Å². The third kappa shape index (κ3) is 2.16. The fourth-order valence-electron chi connectivity index (χ4n) is 5.48. The SMILES string of the molecule is c1ccc(-n2c3ccccc3c3c4c5cnccc5n5c6ncccc6nc5c4ccc32)cc1. The molecule has 8 aromatic rings. The molecular weight excluding hydrogens is 418 g/mol. The zero-order valence-corrected chi connectivity index (χ0v) is 18.1. The van der Waals surface area contributed by atoms with Crippen LogP contribution in [0.5, 0.6) is 0 Å². The van der Waals surface area contributed by atoms with Crippen LogP contribution in [0.1, 0.15) is 0 Å². The van der Waals surface area contributed by atoms with Gasteiger partial charge < -0.3 is 4.57 Å². The first-order chi connectivity index (χ1) is 16.9. The summed E-state index contributed by atoms with van der Waals surface area (Å²) in [7, 11) is 0. The summed E-state index contributed by atoms with van der Waals surface area (Å²) in [6, 6.07) is 29.6. The molecule has 0 fully saturated rings. The maximum Gasteiger partial charge on any atom is 0.164 e. The van der Waals surface area contributed by atoms with Gasteiger partial charge in [0.05, 0.1) is 16.6 Å². The van der Waals surface area contributed by atoms with Crippen LogP contribution in [0.15, 0.2) is 104 Å². The van der Waals surface area contributed by atoms with Crippen LogP contribution in [0.25, 0.3) is 66.0 Å². The smallest absolute Gasteiger partial charge is 0.164 e. The molecule has 8 rings (SSSR count). The van der Waals surface area contributed by atoms with Gasteiger partial charge in [0.2, 0.25) is 0 Å². The Morgan fingerprint density at radius 1 is 0.559 bits per heavy atom. The molecule has 0 amide bonds. The van der Waals surface area contributed by atoms with Gasteiger partial charge >= 0.3 is 0 Å². The van der Waals surface area contributed by atoms with Gasteiger partial charge in [-0.2, -0.15) is 0 Å². The molecule has 158 valence electrons. The van der Waals surface area contributed by atoms with Crippen molar-refractivity contribution in [1.82, 2.24) is 23.9 Å². The number of pyridine rings is 3. The predicted molar refractivity (Wildman–Crippen MR) is 138 cm³/mol. The van der Waals surface area contributed by atoms with E-state index in [1.165, 1.54) is 27.2 Å². The van der Waals surface area contributed by atoms with Gasteiger partial charge in [-0.3, -0.25) is 9.38 Å². The predicted octanol–water partition coefficient (Wildman–Crippen LogP) is 6.68. The van der Waals surface area contributed by atoms with Crippen LogP contribution in [0.4, 0.5) is 0 Å². The number of para-hydroxylation sites is 2. The maximum atomic E-state index is 5.02. The van der Waals surface area contributed by atoms with E-state index in [0.29, 0.717) is 0 Å². The summed E-state index contributed by atoms with van der Waals surface area (Å²) < 4.78 is 4.51. The fourth-order valence-corrected chi connectivity index (χ4v) is 5.48. The number of hydrogen-bond acceptors (Lipinski definition) is 3. The highest BCUT2D eigenvalue weighted by Crippen LogP contribution is 2.41. The van der Waals surface area contributed by atoms with Crippen LogP contribution < -0.4 is 0 Å². The number of aromatic nitrogens is 5. The molecule has 0 saturated carbocycles. The molecule has 34 heavy (non-hydrogen) atoms. The molecule has 3 aromatic carbocycles. The Balaban J connectivity index is 1.70. The van der Waals surface area contributed by atoms with Crippen LogP contribution in [0.3, 0.4) is 0 Å². The van der Waals surface area contributed by atoms with Gasteiger partial charge in [-0.25, -0.2) is 9.97 Å². The molecular formula is C29H17N5. The largest absolute Gasteiger partial charge is 0.309 e. The molecule has 0 saturated heterocycles. The monoisotopic (exact) mass is 435 g/mol. The fraction of sp³-hybridized carbons (Fsp3) is 0. The molecule has 0 aliphatic heterocycles. The summed E-state index contributed by atoms with van der Waals surface area (Å²) in [5.41, 5.74) is 7.23. The molecule has 0 N–H and O–H groups in total. The average Bonchev–Trinajstić information content (AvgIpc) is 3.45. The van der Waals surface area contributed by atoms with E-state index in [2.05, 4.69) is 91.7 Å². The molecule has 0 radical (unpaired) electrons. The van der Waals surface area contributed by atoms with Gasteiger partial charge in [0.15, 0.2) is 5.65 Å². The Morgan fingerprint density at radius 2 is 1.44 bits per heavy atom. The highest BCUT2D eigenvalue weighted by Gasteiger charge is 2.20. The number of fused-ring (bicyclic) bond motifs is 12. The molecule has 0 spiro atoms. The molecule has 5 heteroatoms. The van der Waals surface area contributed by atoms with Crippen LogP contribution in [-0.2, 0) is 0 Å². The minimum absolute atomic E-state index is 0.863. The van der Waals surface area contributed by atoms with Gasteiger partial charge in [0.1, 0.15) is 11.2 Å². The summed E-state index contributed by atoms with van der Waals surface area (Å²) >= 11 is 0. The summed E-state index contributed by atoms with van der Waals surface area (Å²) in [5.74, 6) is 0. The van der Waals surface area contributed by atoms with Crippen LogP contribution in [-0.4, -0.2) is 23.9 Å². The number of hydrogen-bond donors (Lipinski definition) is 0. The molecule has 0 aliphatic rings.